The van der Waals surface area contributed by atoms with E-state index in [-0.39, 0.29) is 5.97 Å². The van der Waals surface area contributed by atoms with Crippen LogP contribution in [0, 0.1) is 0 Å². The van der Waals surface area contributed by atoms with Crippen molar-refractivity contribution < 1.29 is 9.53 Å². The first-order chi connectivity index (χ1) is 8.70. The van der Waals surface area contributed by atoms with Crippen molar-refractivity contribution in [1.29, 1.82) is 0 Å². The van der Waals surface area contributed by atoms with E-state index >= 15 is 0 Å². The fourth-order valence-corrected chi connectivity index (χ4v) is 1.82. The van der Waals surface area contributed by atoms with Gasteiger partial charge < -0.3 is 4.74 Å². The molecule has 0 heterocycles. The largest absolute Gasteiger partial charge is 0.463 e. The van der Waals surface area contributed by atoms with Crippen LogP contribution >= 0.6 is 0 Å². The van der Waals surface area contributed by atoms with Gasteiger partial charge in [0, 0.05) is 6.08 Å². The van der Waals surface area contributed by atoms with Gasteiger partial charge in [0.2, 0.25) is 0 Å². The normalized spacial score (nSPS) is 11.6. The van der Waals surface area contributed by atoms with Gasteiger partial charge in [-0.05, 0) is 26.2 Å². The van der Waals surface area contributed by atoms with Crippen molar-refractivity contribution in [1.82, 2.24) is 0 Å². The van der Waals surface area contributed by atoms with Crippen LogP contribution in [0.25, 0.3) is 0 Å². The van der Waals surface area contributed by atoms with Gasteiger partial charge in [-0.1, -0.05) is 57.9 Å². The Morgan fingerprint density at radius 3 is 2.22 bits per heavy atom. The molecule has 2 nitrogen and oxygen atoms in total. The number of carbonyl (C=O) groups is 1. The highest BCUT2D eigenvalue weighted by Gasteiger charge is 1.99. The van der Waals surface area contributed by atoms with Crippen LogP contribution in [0.5, 0.6) is 0 Å². The molecule has 0 radical (unpaired) electrons. The third kappa shape index (κ3) is 11.7. The Morgan fingerprint density at radius 1 is 0.944 bits per heavy atom. The van der Waals surface area contributed by atoms with Crippen LogP contribution in [0.3, 0.4) is 0 Å². The van der Waals surface area contributed by atoms with Crippen LogP contribution in [-0.4, -0.2) is 12.6 Å². The van der Waals surface area contributed by atoms with Crippen LogP contribution < -0.4 is 0 Å². The molecule has 0 bridgehead atoms. The Kier molecular flexibility index (Phi) is 12.1. The van der Waals surface area contributed by atoms with E-state index in [1.807, 2.05) is 6.92 Å². The zero-order valence-electron chi connectivity index (χ0n) is 12.5. The summed E-state index contributed by atoms with van der Waals surface area (Å²) in [5.41, 5.74) is 1.15. The van der Waals surface area contributed by atoms with E-state index in [1.54, 1.807) is 6.08 Å². The minimum Gasteiger partial charge on any atom is -0.463 e. The number of esters is 1. The molecule has 0 N–H and O–H groups in total. The Bertz CT molecular complexity index is 231. The van der Waals surface area contributed by atoms with Gasteiger partial charge in [0.15, 0.2) is 0 Å². The minimum absolute atomic E-state index is 0.174. The molecule has 0 saturated heterocycles. The summed E-state index contributed by atoms with van der Waals surface area (Å²) in [4.78, 5) is 11.4. The lowest BCUT2D eigenvalue weighted by Gasteiger charge is -2.03. The summed E-state index contributed by atoms with van der Waals surface area (Å²) in [5.74, 6) is -0.174. The van der Waals surface area contributed by atoms with Crippen molar-refractivity contribution in [3.8, 4) is 0 Å². The van der Waals surface area contributed by atoms with Crippen molar-refractivity contribution in [2.45, 2.75) is 78.6 Å². The maximum atomic E-state index is 11.4. The maximum absolute atomic E-state index is 11.4. The average Bonchev–Trinajstić information content (AvgIpc) is 2.34. The molecule has 2 heteroatoms. The molecule has 0 aromatic heterocycles. The van der Waals surface area contributed by atoms with Gasteiger partial charge in [-0.25, -0.2) is 4.79 Å². The molecule has 18 heavy (non-hydrogen) atoms. The van der Waals surface area contributed by atoms with Gasteiger partial charge in [0.05, 0.1) is 6.61 Å². The number of allylic oxidation sites excluding steroid dienone is 1. The predicted octanol–water partition coefficient (Wildman–Crippen LogP) is 5.03. The first-order valence-electron chi connectivity index (χ1n) is 7.54. The highest BCUT2D eigenvalue weighted by molar-refractivity contribution is 5.82. The van der Waals surface area contributed by atoms with Crippen molar-refractivity contribution in [2.75, 3.05) is 6.61 Å². The molecule has 0 aromatic rings. The molecule has 0 spiro atoms. The van der Waals surface area contributed by atoms with Crippen LogP contribution in [0.15, 0.2) is 11.6 Å². The highest BCUT2D eigenvalue weighted by atomic mass is 16.5. The second kappa shape index (κ2) is 12.7. The number of carbonyl (C=O) groups excluding carboxylic acids is 1. The third-order valence-electron chi connectivity index (χ3n) is 3.03. The Morgan fingerprint density at radius 2 is 1.56 bits per heavy atom. The van der Waals surface area contributed by atoms with E-state index in [9.17, 15) is 4.79 Å². The smallest absolute Gasteiger partial charge is 0.330 e. The number of unbranched alkanes of at least 4 members (excludes halogenated alkanes) is 6. The van der Waals surface area contributed by atoms with E-state index in [2.05, 4.69) is 13.8 Å². The SMILES string of the molecule is CCCCCCCC/C(C)=C/C(=O)OCCCC. The van der Waals surface area contributed by atoms with Crippen molar-refractivity contribution >= 4 is 5.97 Å². The second-order valence-corrected chi connectivity index (χ2v) is 5.03. The topological polar surface area (TPSA) is 26.3 Å². The third-order valence-corrected chi connectivity index (χ3v) is 3.03. The molecule has 0 aliphatic carbocycles. The second-order valence-electron chi connectivity index (χ2n) is 5.03. The Hall–Kier alpha value is -0.790. The number of hydrogen-bond donors (Lipinski definition) is 0. The van der Waals surface area contributed by atoms with Gasteiger partial charge in [0.1, 0.15) is 0 Å². The molecule has 0 atom stereocenters. The zero-order valence-corrected chi connectivity index (χ0v) is 12.5. The van der Waals surface area contributed by atoms with Gasteiger partial charge >= 0.3 is 5.97 Å². The lowest BCUT2D eigenvalue weighted by Crippen LogP contribution is -2.02. The van der Waals surface area contributed by atoms with Crippen molar-refractivity contribution in [2.24, 2.45) is 0 Å². The van der Waals surface area contributed by atoms with E-state index in [0.717, 1.165) is 24.8 Å². The van der Waals surface area contributed by atoms with Gasteiger partial charge in [0.25, 0.3) is 0 Å². The van der Waals surface area contributed by atoms with Crippen LogP contribution in [0.4, 0.5) is 0 Å². The van der Waals surface area contributed by atoms with Crippen LogP contribution in [-0.2, 0) is 9.53 Å². The number of hydrogen-bond acceptors (Lipinski definition) is 2. The summed E-state index contributed by atoms with van der Waals surface area (Å²) in [7, 11) is 0. The standard InChI is InChI=1S/C16H30O2/c1-4-6-8-9-10-11-12-15(3)14-16(17)18-13-7-5-2/h14H,4-13H2,1-3H3/b15-14+. The molecule has 0 saturated carbocycles. The predicted molar refractivity (Wildman–Crippen MR) is 77.6 cm³/mol. The van der Waals surface area contributed by atoms with E-state index in [1.165, 1.54) is 38.5 Å². The lowest BCUT2D eigenvalue weighted by molar-refractivity contribution is -0.137. The molecular formula is C16H30O2. The number of ether oxygens (including phenoxy) is 1. The Labute approximate surface area is 113 Å². The summed E-state index contributed by atoms with van der Waals surface area (Å²) in [6.07, 6.45) is 12.5. The van der Waals surface area contributed by atoms with Crippen molar-refractivity contribution in [3.63, 3.8) is 0 Å². The maximum Gasteiger partial charge on any atom is 0.330 e. The fourth-order valence-electron chi connectivity index (χ4n) is 1.82. The summed E-state index contributed by atoms with van der Waals surface area (Å²) in [6, 6.07) is 0. The molecule has 0 unspecified atom stereocenters. The quantitative estimate of drug-likeness (QED) is 0.294. The molecule has 0 amide bonds. The molecule has 106 valence electrons. The summed E-state index contributed by atoms with van der Waals surface area (Å²) in [6.45, 7) is 6.90. The molecule has 0 aliphatic heterocycles. The Balaban J connectivity index is 3.54. The highest BCUT2D eigenvalue weighted by Crippen LogP contribution is 2.11. The fraction of sp³-hybridized carbons (Fsp3) is 0.812. The molecule has 0 fully saturated rings. The van der Waals surface area contributed by atoms with Crippen molar-refractivity contribution in [3.05, 3.63) is 11.6 Å². The molecule has 0 aromatic carbocycles. The summed E-state index contributed by atoms with van der Waals surface area (Å²) in [5, 5.41) is 0. The molecular weight excluding hydrogens is 224 g/mol. The molecule has 0 rings (SSSR count). The van der Waals surface area contributed by atoms with Crippen LogP contribution in [0.2, 0.25) is 0 Å². The van der Waals surface area contributed by atoms with E-state index in [0.29, 0.717) is 6.61 Å². The lowest BCUT2D eigenvalue weighted by atomic mass is 10.1. The van der Waals surface area contributed by atoms with Gasteiger partial charge in [-0.3, -0.25) is 0 Å². The number of rotatable bonds is 11. The first kappa shape index (κ1) is 17.2. The summed E-state index contributed by atoms with van der Waals surface area (Å²) < 4.78 is 5.10. The van der Waals surface area contributed by atoms with Crippen LogP contribution in [0.1, 0.15) is 78.6 Å². The molecule has 0 aliphatic rings. The monoisotopic (exact) mass is 254 g/mol. The summed E-state index contributed by atoms with van der Waals surface area (Å²) >= 11 is 0. The van der Waals surface area contributed by atoms with E-state index in [4.69, 9.17) is 4.74 Å². The minimum atomic E-state index is -0.174. The van der Waals surface area contributed by atoms with Gasteiger partial charge in [-0.2, -0.15) is 0 Å². The van der Waals surface area contributed by atoms with E-state index < -0.39 is 0 Å². The first-order valence-corrected chi connectivity index (χ1v) is 7.54. The average molecular weight is 254 g/mol. The zero-order chi connectivity index (χ0) is 13.6. The van der Waals surface area contributed by atoms with Gasteiger partial charge in [-0.15, -0.1) is 0 Å².